The predicted molar refractivity (Wildman–Crippen MR) is 129 cm³/mol. The van der Waals surface area contributed by atoms with Gasteiger partial charge in [-0.3, -0.25) is 9.10 Å². The zero-order valence-electron chi connectivity index (χ0n) is 18.1. The molecule has 0 heterocycles. The number of aryl methyl sites for hydroxylation is 2. The SMILES string of the molecule is CCc1ccccc1N(CC(=O)N/N=C\c1c(F)cccc1Cl)S(=O)(=O)c1ccc(C)cc1. The van der Waals surface area contributed by atoms with Crippen LogP contribution in [0.3, 0.4) is 0 Å². The lowest BCUT2D eigenvalue weighted by molar-refractivity contribution is -0.119. The van der Waals surface area contributed by atoms with E-state index < -0.39 is 28.3 Å². The minimum absolute atomic E-state index is 0.0138. The second-order valence-electron chi connectivity index (χ2n) is 7.24. The predicted octanol–water partition coefficient (Wildman–Crippen LogP) is 4.70. The molecule has 0 radical (unpaired) electrons. The topological polar surface area (TPSA) is 78.8 Å². The molecule has 0 aliphatic rings. The number of hydrazone groups is 1. The van der Waals surface area contributed by atoms with Crippen LogP contribution in [0.5, 0.6) is 0 Å². The number of amides is 1. The maximum absolute atomic E-state index is 13.9. The summed E-state index contributed by atoms with van der Waals surface area (Å²) in [5, 5.41) is 3.88. The van der Waals surface area contributed by atoms with Crippen LogP contribution >= 0.6 is 11.6 Å². The lowest BCUT2D eigenvalue weighted by Crippen LogP contribution is -2.40. The lowest BCUT2D eigenvalue weighted by atomic mass is 10.1. The van der Waals surface area contributed by atoms with Gasteiger partial charge in [0.25, 0.3) is 15.9 Å². The van der Waals surface area contributed by atoms with Crippen LogP contribution in [-0.2, 0) is 21.2 Å². The molecule has 0 atom stereocenters. The van der Waals surface area contributed by atoms with Crippen LogP contribution in [0.25, 0.3) is 0 Å². The first-order valence-corrected chi connectivity index (χ1v) is 12.0. The van der Waals surface area contributed by atoms with E-state index in [4.69, 9.17) is 11.6 Å². The summed E-state index contributed by atoms with van der Waals surface area (Å²) in [5.74, 6) is -1.29. The van der Waals surface area contributed by atoms with Gasteiger partial charge in [-0.1, -0.05) is 60.5 Å². The maximum atomic E-state index is 13.9. The van der Waals surface area contributed by atoms with Crippen LogP contribution in [0.1, 0.15) is 23.6 Å². The molecule has 1 N–H and O–H groups in total. The number of anilines is 1. The Morgan fingerprint density at radius 1 is 1.09 bits per heavy atom. The van der Waals surface area contributed by atoms with E-state index in [1.54, 1.807) is 24.3 Å². The van der Waals surface area contributed by atoms with E-state index in [0.29, 0.717) is 12.1 Å². The summed E-state index contributed by atoms with van der Waals surface area (Å²) in [6.07, 6.45) is 1.65. The molecule has 0 aliphatic carbocycles. The first-order chi connectivity index (χ1) is 15.7. The second-order valence-corrected chi connectivity index (χ2v) is 9.51. The number of sulfonamides is 1. The van der Waals surface area contributed by atoms with Gasteiger partial charge >= 0.3 is 0 Å². The van der Waals surface area contributed by atoms with Crippen LogP contribution in [-0.4, -0.2) is 27.1 Å². The summed E-state index contributed by atoms with van der Waals surface area (Å²) in [4.78, 5) is 12.7. The number of benzene rings is 3. The molecule has 1 amide bonds. The number of carbonyl (C=O) groups is 1. The molecule has 0 saturated carbocycles. The third kappa shape index (κ3) is 5.77. The van der Waals surface area contributed by atoms with E-state index in [9.17, 15) is 17.6 Å². The molecule has 0 aromatic heterocycles. The molecule has 0 unspecified atom stereocenters. The van der Waals surface area contributed by atoms with Gasteiger partial charge in [0.15, 0.2) is 0 Å². The summed E-state index contributed by atoms with van der Waals surface area (Å²) < 4.78 is 41.9. The van der Waals surface area contributed by atoms with Crippen molar-refractivity contribution in [3.05, 3.63) is 94.3 Å². The summed E-state index contributed by atoms with van der Waals surface area (Å²) >= 11 is 5.95. The summed E-state index contributed by atoms with van der Waals surface area (Å²) in [5.41, 5.74) is 4.35. The standard InChI is InChI=1S/C24H23ClFN3O3S/c1-3-18-7-4-5-10-23(18)29(33(31,32)19-13-11-17(2)12-14-19)16-24(30)28-27-15-20-21(25)8-6-9-22(20)26/h4-15H,3,16H2,1-2H3,(H,28,30)/b27-15-. The van der Waals surface area contributed by atoms with E-state index in [1.165, 1.54) is 30.3 Å². The number of halogens is 2. The Morgan fingerprint density at radius 3 is 2.45 bits per heavy atom. The van der Waals surface area contributed by atoms with Crippen molar-refractivity contribution in [3.8, 4) is 0 Å². The van der Waals surface area contributed by atoms with Gasteiger partial charge in [-0.2, -0.15) is 5.10 Å². The van der Waals surface area contributed by atoms with Crippen molar-refractivity contribution in [1.82, 2.24) is 5.43 Å². The Bertz CT molecular complexity index is 1260. The van der Waals surface area contributed by atoms with Crippen molar-refractivity contribution < 1.29 is 17.6 Å². The van der Waals surface area contributed by atoms with Gasteiger partial charge in [-0.15, -0.1) is 0 Å². The number of carbonyl (C=O) groups excluding carboxylic acids is 1. The molecule has 33 heavy (non-hydrogen) atoms. The van der Waals surface area contributed by atoms with Gasteiger partial charge in [-0.05, 0) is 49.2 Å². The molecule has 0 saturated heterocycles. The minimum atomic E-state index is -4.05. The van der Waals surface area contributed by atoms with Gasteiger partial charge in [0, 0.05) is 5.56 Å². The van der Waals surface area contributed by atoms with E-state index in [0.717, 1.165) is 21.6 Å². The summed E-state index contributed by atoms with van der Waals surface area (Å²) in [6, 6.07) is 17.5. The van der Waals surface area contributed by atoms with Crippen LogP contribution in [0.15, 0.2) is 76.7 Å². The van der Waals surface area contributed by atoms with Crippen LogP contribution in [0.2, 0.25) is 5.02 Å². The number of para-hydroxylation sites is 1. The zero-order valence-corrected chi connectivity index (χ0v) is 19.7. The molecule has 6 nitrogen and oxygen atoms in total. The van der Waals surface area contributed by atoms with Crippen LogP contribution in [0, 0.1) is 12.7 Å². The van der Waals surface area contributed by atoms with Gasteiger partial charge in [-0.25, -0.2) is 18.2 Å². The van der Waals surface area contributed by atoms with Crippen LogP contribution in [0.4, 0.5) is 10.1 Å². The number of nitrogens with zero attached hydrogens (tertiary/aromatic N) is 2. The molecule has 9 heteroatoms. The fourth-order valence-corrected chi connectivity index (χ4v) is 4.83. The third-order valence-corrected chi connectivity index (χ3v) is 7.02. The molecule has 3 rings (SSSR count). The number of nitrogens with one attached hydrogen (secondary N) is 1. The van der Waals surface area contributed by atoms with Crippen molar-refractivity contribution >= 4 is 39.4 Å². The Kier molecular flexibility index (Phi) is 7.84. The van der Waals surface area contributed by atoms with Gasteiger partial charge < -0.3 is 0 Å². The highest BCUT2D eigenvalue weighted by atomic mass is 35.5. The quantitative estimate of drug-likeness (QED) is 0.369. The molecule has 3 aromatic rings. The fourth-order valence-electron chi connectivity index (χ4n) is 3.16. The van der Waals surface area contributed by atoms with E-state index in [1.807, 2.05) is 26.0 Å². The Hall–Kier alpha value is -3.23. The molecule has 0 fully saturated rings. The number of rotatable bonds is 8. The molecule has 172 valence electrons. The highest BCUT2D eigenvalue weighted by molar-refractivity contribution is 7.92. The van der Waals surface area contributed by atoms with Crippen molar-refractivity contribution in [2.45, 2.75) is 25.2 Å². The first kappa shape index (κ1) is 24.4. The zero-order chi connectivity index (χ0) is 24.0. The lowest BCUT2D eigenvalue weighted by Gasteiger charge is -2.25. The first-order valence-electron chi connectivity index (χ1n) is 10.2. The molecule has 0 aliphatic heterocycles. The Balaban J connectivity index is 1.91. The van der Waals surface area contributed by atoms with Gasteiger partial charge in [0.2, 0.25) is 0 Å². The molecule has 3 aromatic carbocycles. The summed E-state index contributed by atoms with van der Waals surface area (Å²) in [7, 11) is -4.05. The minimum Gasteiger partial charge on any atom is -0.271 e. The number of hydrogen-bond donors (Lipinski definition) is 1. The third-order valence-electron chi connectivity index (χ3n) is 4.92. The van der Waals surface area contributed by atoms with Gasteiger partial charge in [0.05, 0.1) is 21.8 Å². The van der Waals surface area contributed by atoms with Gasteiger partial charge in [0.1, 0.15) is 12.4 Å². The molecular formula is C24H23ClFN3O3S. The summed E-state index contributed by atoms with van der Waals surface area (Å²) in [6.45, 7) is 3.24. The molecule has 0 spiro atoms. The fraction of sp³-hybridized carbons (Fsp3) is 0.167. The highest BCUT2D eigenvalue weighted by Crippen LogP contribution is 2.27. The highest BCUT2D eigenvalue weighted by Gasteiger charge is 2.28. The molecular weight excluding hydrogens is 465 g/mol. The average molecular weight is 488 g/mol. The Morgan fingerprint density at radius 2 is 1.79 bits per heavy atom. The van der Waals surface area contributed by atoms with Crippen molar-refractivity contribution in [1.29, 1.82) is 0 Å². The Labute approximate surface area is 197 Å². The van der Waals surface area contributed by atoms with E-state index >= 15 is 0 Å². The smallest absolute Gasteiger partial charge is 0.264 e. The average Bonchev–Trinajstić information content (AvgIpc) is 2.79. The van der Waals surface area contributed by atoms with Crippen LogP contribution < -0.4 is 9.73 Å². The number of hydrogen-bond acceptors (Lipinski definition) is 4. The molecule has 0 bridgehead atoms. The van der Waals surface area contributed by atoms with Crippen molar-refractivity contribution in [2.75, 3.05) is 10.8 Å². The van der Waals surface area contributed by atoms with Crippen molar-refractivity contribution in [3.63, 3.8) is 0 Å². The normalized spacial score (nSPS) is 11.5. The second kappa shape index (κ2) is 10.6. The van der Waals surface area contributed by atoms with E-state index in [2.05, 4.69) is 10.5 Å². The maximum Gasteiger partial charge on any atom is 0.264 e. The monoisotopic (exact) mass is 487 g/mol. The van der Waals surface area contributed by atoms with E-state index in [-0.39, 0.29) is 15.5 Å². The largest absolute Gasteiger partial charge is 0.271 e. The van der Waals surface area contributed by atoms with Crippen molar-refractivity contribution in [2.24, 2.45) is 5.10 Å².